The van der Waals surface area contributed by atoms with Gasteiger partial charge in [0.25, 0.3) is 0 Å². The van der Waals surface area contributed by atoms with Crippen LogP contribution in [0.4, 0.5) is 0 Å². The normalized spacial score (nSPS) is 11.6. The van der Waals surface area contributed by atoms with Crippen LogP contribution in [0.1, 0.15) is 24.5 Å². The van der Waals surface area contributed by atoms with E-state index in [0.29, 0.717) is 19.4 Å². The van der Waals surface area contributed by atoms with Crippen molar-refractivity contribution in [1.82, 2.24) is 20.4 Å². The lowest BCUT2D eigenvalue weighted by molar-refractivity contribution is -0.128. The average Bonchev–Trinajstić information content (AvgIpc) is 3.21. The van der Waals surface area contributed by atoms with E-state index >= 15 is 0 Å². The zero-order valence-electron chi connectivity index (χ0n) is 15.8. The van der Waals surface area contributed by atoms with Gasteiger partial charge >= 0.3 is 0 Å². The average molecular weight is 376 g/mol. The second kappa shape index (κ2) is 9.50. The quantitative estimate of drug-likeness (QED) is 0.635. The molecular weight excluding hydrogens is 352 g/mol. The van der Waals surface area contributed by atoms with Crippen molar-refractivity contribution < 1.29 is 9.59 Å². The van der Waals surface area contributed by atoms with E-state index in [1.165, 1.54) is 0 Å². The molecule has 0 spiro atoms. The maximum atomic E-state index is 12.2. The SMILES string of the molecule is CC(NC(=O)CCc1cnn(-c2ccccc2)c1)C(=O)NCc1ccccc1. The summed E-state index contributed by atoms with van der Waals surface area (Å²) in [4.78, 5) is 24.3. The van der Waals surface area contributed by atoms with Gasteiger partial charge in [0.05, 0.1) is 11.9 Å². The molecule has 2 aromatic carbocycles. The molecule has 0 aliphatic carbocycles. The van der Waals surface area contributed by atoms with Crippen molar-refractivity contribution in [3.8, 4) is 5.69 Å². The van der Waals surface area contributed by atoms with Crippen molar-refractivity contribution in [2.24, 2.45) is 0 Å². The molecule has 2 amide bonds. The highest BCUT2D eigenvalue weighted by atomic mass is 16.2. The topological polar surface area (TPSA) is 76.0 Å². The monoisotopic (exact) mass is 376 g/mol. The second-order valence-electron chi connectivity index (χ2n) is 6.62. The van der Waals surface area contributed by atoms with Crippen molar-refractivity contribution in [3.63, 3.8) is 0 Å². The molecule has 144 valence electrons. The minimum Gasteiger partial charge on any atom is -0.350 e. The fourth-order valence-electron chi connectivity index (χ4n) is 2.79. The highest BCUT2D eigenvalue weighted by molar-refractivity contribution is 5.87. The fourth-order valence-corrected chi connectivity index (χ4v) is 2.79. The van der Waals surface area contributed by atoms with Crippen LogP contribution in [0.5, 0.6) is 0 Å². The minimum absolute atomic E-state index is 0.158. The van der Waals surface area contributed by atoms with Crippen molar-refractivity contribution >= 4 is 11.8 Å². The standard InChI is InChI=1S/C22H24N4O2/c1-17(22(28)23-14-18-8-4-2-5-9-18)25-21(27)13-12-19-15-24-26(16-19)20-10-6-3-7-11-20/h2-11,15-17H,12-14H2,1H3,(H,23,28)(H,25,27). The van der Waals surface area contributed by atoms with E-state index in [1.54, 1.807) is 17.8 Å². The predicted octanol–water partition coefficient (Wildman–Crippen LogP) is 2.63. The number of hydrogen-bond donors (Lipinski definition) is 2. The number of aryl methyl sites for hydroxylation is 1. The number of nitrogens with zero attached hydrogens (tertiary/aromatic N) is 2. The predicted molar refractivity (Wildman–Crippen MR) is 108 cm³/mol. The fraction of sp³-hybridized carbons (Fsp3) is 0.227. The Labute approximate surface area is 164 Å². The molecule has 1 atom stereocenters. The summed E-state index contributed by atoms with van der Waals surface area (Å²) < 4.78 is 1.78. The Kier molecular flexibility index (Phi) is 6.57. The summed E-state index contributed by atoms with van der Waals surface area (Å²) in [6, 6.07) is 18.9. The number of carbonyl (C=O) groups is 2. The van der Waals surface area contributed by atoms with Crippen LogP contribution in [0.3, 0.4) is 0 Å². The largest absolute Gasteiger partial charge is 0.350 e. The Morgan fingerprint density at radius 2 is 1.68 bits per heavy atom. The van der Waals surface area contributed by atoms with Gasteiger partial charge in [0, 0.05) is 19.2 Å². The summed E-state index contributed by atoms with van der Waals surface area (Å²) in [6.07, 6.45) is 4.54. The van der Waals surface area contributed by atoms with E-state index in [0.717, 1.165) is 16.8 Å². The van der Waals surface area contributed by atoms with E-state index in [1.807, 2.05) is 66.9 Å². The number of aromatic nitrogens is 2. The lowest BCUT2D eigenvalue weighted by atomic mass is 10.2. The summed E-state index contributed by atoms with van der Waals surface area (Å²) in [7, 11) is 0. The van der Waals surface area contributed by atoms with Crippen LogP contribution in [0.25, 0.3) is 5.69 Å². The van der Waals surface area contributed by atoms with Gasteiger partial charge in [-0.05, 0) is 36.6 Å². The minimum atomic E-state index is -0.580. The van der Waals surface area contributed by atoms with Crippen LogP contribution < -0.4 is 10.6 Å². The molecule has 28 heavy (non-hydrogen) atoms. The first-order valence-corrected chi connectivity index (χ1v) is 9.32. The molecule has 0 saturated heterocycles. The smallest absolute Gasteiger partial charge is 0.242 e. The molecule has 0 saturated carbocycles. The molecule has 1 unspecified atom stereocenters. The molecule has 0 fully saturated rings. The zero-order chi connectivity index (χ0) is 19.8. The Morgan fingerprint density at radius 3 is 2.39 bits per heavy atom. The molecular formula is C22H24N4O2. The number of hydrogen-bond acceptors (Lipinski definition) is 3. The molecule has 0 radical (unpaired) electrons. The van der Waals surface area contributed by atoms with Gasteiger partial charge in [-0.1, -0.05) is 48.5 Å². The maximum absolute atomic E-state index is 12.2. The summed E-state index contributed by atoms with van der Waals surface area (Å²) in [5, 5.41) is 9.91. The van der Waals surface area contributed by atoms with E-state index in [9.17, 15) is 9.59 Å². The number of para-hydroxylation sites is 1. The van der Waals surface area contributed by atoms with Crippen LogP contribution in [0, 0.1) is 0 Å². The third kappa shape index (κ3) is 5.54. The molecule has 1 aromatic heterocycles. The first-order valence-electron chi connectivity index (χ1n) is 9.32. The number of benzene rings is 2. The van der Waals surface area contributed by atoms with Crippen molar-refractivity contribution in [1.29, 1.82) is 0 Å². The first-order chi connectivity index (χ1) is 13.6. The van der Waals surface area contributed by atoms with Crippen molar-refractivity contribution in [2.75, 3.05) is 0 Å². The number of amides is 2. The van der Waals surface area contributed by atoms with Gasteiger partial charge in [0.1, 0.15) is 6.04 Å². The van der Waals surface area contributed by atoms with Crippen LogP contribution in [-0.2, 0) is 22.6 Å². The molecule has 0 bridgehead atoms. The van der Waals surface area contributed by atoms with E-state index in [-0.39, 0.29) is 11.8 Å². The summed E-state index contributed by atoms with van der Waals surface area (Å²) >= 11 is 0. The van der Waals surface area contributed by atoms with Crippen LogP contribution in [-0.4, -0.2) is 27.6 Å². The van der Waals surface area contributed by atoms with Crippen molar-refractivity contribution in [3.05, 3.63) is 84.2 Å². The molecule has 3 rings (SSSR count). The van der Waals surface area contributed by atoms with E-state index in [2.05, 4.69) is 15.7 Å². The van der Waals surface area contributed by atoms with Crippen LogP contribution >= 0.6 is 0 Å². The molecule has 0 aliphatic rings. The van der Waals surface area contributed by atoms with Gasteiger partial charge in [-0.25, -0.2) is 4.68 Å². The van der Waals surface area contributed by atoms with E-state index < -0.39 is 6.04 Å². The number of carbonyl (C=O) groups excluding carboxylic acids is 2. The third-order valence-corrected chi connectivity index (χ3v) is 4.38. The maximum Gasteiger partial charge on any atom is 0.242 e. The van der Waals surface area contributed by atoms with Gasteiger partial charge in [0.15, 0.2) is 0 Å². The lowest BCUT2D eigenvalue weighted by Crippen LogP contribution is -2.44. The summed E-state index contributed by atoms with van der Waals surface area (Å²) in [5.41, 5.74) is 2.96. The third-order valence-electron chi connectivity index (χ3n) is 4.38. The number of rotatable bonds is 8. The molecule has 1 heterocycles. The zero-order valence-corrected chi connectivity index (χ0v) is 15.8. The highest BCUT2D eigenvalue weighted by Gasteiger charge is 2.15. The molecule has 2 N–H and O–H groups in total. The molecule has 3 aromatic rings. The molecule has 0 aliphatic heterocycles. The van der Waals surface area contributed by atoms with Gasteiger partial charge in [0.2, 0.25) is 11.8 Å². The Morgan fingerprint density at radius 1 is 1.00 bits per heavy atom. The Balaban J connectivity index is 1.42. The lowest BCUT2D eigenvalue weighted by Gasteiger charge is -2.14. The van der Waals surface area contributed by atoms with Crippen molar-refractivity contribution in [2.45, 2.75) is 32.4 Å². The summed E-state index contributed by atoms with van der Waals surface area (Å²) in [5.74, 6) is -0.357. The Bertz CT molecular complexity index is 907. The van der Waals surface area contributed by atoms with E-state index in [4.69, 9.17) is 0 Å². The molecule has 6 heteroatoms. The summed E-state index contributed by atoms with van der Waals surface area (Å²) in [6.45, 7) is 2.13. The number of nitrogens with one attached hydrogen (secondary N) is 2. The van der Waals surface area contributed by atoms with Crippen LogP contribution in [0.2, 0.25) is 0 Å². The van der Waals surface area contributed by atoms with Crippen LogP contribution in [0.15, 0.2) is 73.1 Å². The van der Waals surface area contributed by atoms with Gasteiger partial charge in [-0.2, -0.15) is 5.10 Å². The second-order valence-corrected chi connectivity index (χ2v) is 6.62. The highest BCUT2D eigenvalue weighted by Crippen LogP contribution is 2.09. The molecule has 6 nitrogen and oxygen atoms in total. The van der Waals surface area contributed by atoms with Gasteiger partial charge in [-0.15, -0.1) is 0 Å². The van der Waals surface area contributed by atoms with Gasteiger partial charge in [-0.3, -0.25) is 9.59 Å². The Hall–Kier alpha value is -3.41. The first kappa shape index (κ1) is 19.4. The van der Waals surface area contributed by atoms with Gasteiger partial charge < -0.3 is 10.6 Å².